The average molecular weight is 504 g/mol. The van der Waals surface area contributed by atoms with Gasteiger partial charge in [0.05, 0.1) is 31.3 Å². The van der Waals surface area contributed by atoms with E-state index in [9.17, 15) is 4.79 Å². The van der Waals surface area contributed by atoms with Crippen LogP contribution in [-0.4, -0.2) is 29.2 Å². The molecule has 36 heavy (non-hydrogen) atoms. The number of hydrogen-bond acceptors (Lipinski definition) is 4. The molecule has 6 nitrogen and oxygen atoms in total. The van der Waals surface area contributed by atoms with Crippen LogP contribution >= 0.6 is 11.6 Å². The van der Waals surface area contributed by atoms with E-state index in [2.05, 4.69) is 16.0 Å². The molecule has 0 atom stereocenters. The molecule has 0 bridgehead atoms. The van der Waals surface area contributed by atoms with Crippen LogP contribution in [0.1, 0.15) is 41.5 Å². The second-order valence-electron chi connectivity index (χ2n) is 8.32. The predicted molar refractivity (Wildman–Crippen MR) is 145 cm³/mol. The number of allylic oxidation sites excluding steroid dienone is 1. The van der Waals surface area contributed by atoms with Crippen molar-refractivity contribution in [1.29, 1.82) is 0 Å². The number of aromatic nitrogens is 2. The molecule has 1 heterocycles. The number of benzene rings is 3. The third kappa shape index (κ3) is 6.26. The minimum atomic E-state index is -0.159. The molecule has 0 spiro atoms. The van der Waals surface area contributed by atoms with Crippen molar-refractivity contribution in [3.05, 3.63) is 94.8 Å². The van der Waals surface area contributed by atoms with Crippen LogP contribution < -0.4 is 14.8 Å². The van der Waals surface area contributed by atoms with Crippen molar-refractivity contribution >= 4 is 34.6 Å². The molecule has 1 aromatic heterocycles. The average Bonchev–Trinajstić information content (AvgIpc) is 3.25. The number of rotatable bonds is 11. The minimum absolute atomic E-state index is 0.159. The van der Waals surface area contributed by atoms with Crippen LogP contribution in [0.15, 0.2) is 72.8 Å². The van der Waals surface area contributed by atoms with E-state index in [-0.39, 0.29) is 5.91 Å². The van der Waals surface area contributed by atoms with Gasteiger partial charge in [-0.2, -0.15) is 0 Å². The molecule has 186 valence electrons. The summed E-state index contributed by atoms with van der Waals surface area (Å²) in [5, 5.41) is 3.58. The Morgan fingerprint density at radius 2 is 1.86 bits per heavy atom. The highest BCUT2D eigenvalue weighted by molar-refractivity contribution is 6.30. The highest BCUT2D eigenvalue weighted by Crippen LogP contribution is 2.29. The largest absolute Gasteiger partial charge is 0.493 e. The molecule has 0 fully saturated rings. The number of unbranched alkanes of at least 4 members (excludes halogenated alkanes) is 1. The summed E-state index contributed by atoms with van der Waals surface area (Å²) in [6.07, 6.45) is 5.78. The van der Waals surface area contributed by atoms with Gasteiger partial charge < -0.3 is 19.4 Å². The van der Waals surface area contributed by atoms with Crippen molar-refractivity contribution in [3.63, 3.8) is 0 Å². The van der Waals surface area contributed by atoms with E-state index in [0.29, 0.717) is 23.7 Å². The van der Waals surface area contributed by atoms with E-state index >= 15 is 0 Å². The Morgan fingerprint density at radius 1 is 1.06 bits per heavy atom. The van der Waals surface area contributed by atoms with Gasteiger partial charge in [-0.3, -0.25) is 4.79 Å². The molecule has 1 N–H and O–H groups in total. The standard InChI is InChI=1S/C29H30ClN3O3/c1-3-8-21-11-16-26(27(19-21)35-2)36-18-7-6-17-33-25-10-5-4-9-24(25)32-28(33)20-31-29(34)22-12-14-23(30)15-13-22/h3-5,8-16,19H,6-7,17-18,20H2,1-2H3,(H,31,34)/b8-3+. The smallest absolute Gasteiger partial charge is 0.251 e. The number of ether oxygens (including phenoxy) is 2. The number of imidazole rings is 1. The Balaban J connectivity index is 1.36. The number of hydrogen-bond donors (Lipinski definition) is 1. The summed E-state index contributed by atoms with van der Waals surface area (Å²) >= 11 is 5.93. The zero-order valence-electron chi connectivity index (χ0n) is 20.5. The molecular weight excluding hydrogens is 474 g/mol. The lowest BCUT2D eigenvalue weighted by atomic mass is 10.2. The van der Waals surface area contributed by atoms with Crippen molar-refractivity contribution in [1.82, 2.24) is 14.9 Å². The van der Waals surface area contributed by atoms with E-state index < -0.39 is 0 Å². The second-order valence-corrected chi connectivity index (χ2v) is 8.76. The first-order valence-corrected chi connectivity index (χ1v) is 12.4. The number of para-hydroxylation sites is 2. The lowest BCUT2D eigenvalue weighted by Crippen LogP contribution is -2.24. The Hall–Kier alpha value is -3.77. The maximum Gasteiger partial charge on any atom is 0.251 e. The van der Waals surface area contributed by atoms with Crippen LogP contribution in [0.2, 0.25) is 5.02 Å². The fourth-order valence-electron chi connectivity index (χ4n) is 4.03. The number of aryl methyl sites for hydroxylation is 1. The summed E-state index contributed by atoms with van der Waals surface area (Å²) in [6, 6.07) is 20.8. The van der Waals surface area contributed by atoms with Gasteiger partial charge in [0.25, 0.3) is 5.91 Å². The fourth-order valence-corrected chi connectivity index (χ4v) is 4.15. The first-order valence-electron chi connectivity index (χ1n) is 12.0. The fraction of sp³-hybridized carbons (Fsp3) is 0.241. The van der Waals surface area contributed by atoms with Crippen LogP contribution in [0.4, 0.5) is 0 Å². The van der Waals surface area contributed by atoms with E-state index in [4.69, 9.17) is 26.1 Å². The van der Waals surface area contributed by atoms with Crippen molar-refractivity contribution < 1.29 is 14.3 Å². The van der Waals surface area contributed by atoms with Crippen molar-refractivity contribution in [2.45, 2.75) is 32.9 Å². The summed E-state index contributed by atoms with van der Waals surface area (Å²) < 4.78 is 13.6. The van der Waals surface area contributed by atoms with Gasteiger partial charge >= 0.3 is 0 Å². The first-order chi connectivity index (χ1) is 17.6. The van der Waals surface area contributed by atoms with E-state index in [1.807, 2.05) is 55.5 Å². The lowest BCUT2D eigenvalue weighted by molar-refractivity contribution is 0.0949. The van der Waals surface area contributed by atoms with E-state index in [0.717, 1.165) is 53.3 Å². The Bertz CT molecular complexity index is 1350. The molecule has 4 rings (SSSR count). The summed E-state index contributed by atoms with van der Waals surface area (Å²) in [7, 11) is 1.65. The number of nitrogens with zero attached hydrogens (tertiary/aromatic N) is 2. The molecule has 0 saturated carbocycles. The van der Waals surface area contributed by atoms with Gasteiger partial charge in [-0.15, -0.1) is 0 Å². The molecule has 7 heteroatoms. The number of fused-ring (bicyclic) bond motifs is 1. The third-order valence-electron chi connectivity index (χ3n) is 5.83. The van der Waals surface area contributed by atoms with Gasteiger partial charge in [0.2, 0.25) is 0 Å². The van der Waals surface area contributed by atoms with Crippen LogP contribution in [0.5, 0.6) is 11.5 Å². The van der Waals surface area contributed by atoms with Crippen LogP contribution in [-0.2, 0) is 13.1 Å². The number of halogens is 1. The van der Waals surface area contributed by atoms with Crippen LogP contribution in [0.25, 0.3) is 17.1 Å². The molecular formula is C29H30ClN3O3. The topological polar surface area (TPSA) is 65.4 Å². The Kier molecular flexibility index (Phi) is 8.63. The summed E-state index contributed by atoms with van der Waals surface area (Å²) in [5.41, 5.74) is 3.60. The summed E-state index contributed by atoms with van der Waals surface area (Å²) in [5.74, 6) is 2.13. The molecule has 1 amide bonds. The predicted octanol–water partition coefficient (Wildman–Crippen LogP) is 6.52. The van der Waals surface area contributed by atoms with Crippen LogP contribution in [0.3, 0.4) is 0 Å². The summed E-state index contributed by atoms with van der Waals surface area (Å²) in [6.45, 7) is 3.67. The van der Waals surface area contributed by atoms with E-state index in [1.165, 1.54) is 0 Å². The highest BCUT2D eigenvalue weighted by Gasteiger charge is 2.13. The van der Waals surface area contributed by atoms with E-state index in [1.54, 1.807) is 31.4 Å². The third-order valence-corrected chi connectivity index (χ3v) is 6.08. The van der Waals surface area contributed by atoms with Gasteiger partial charge in [0.1, 0.15) is 5.82 Å². The number of carbonyl (C=O) groups excluding carboxylic acids is 1. The molecule has 0 aliphatic rings. The maximum atomic E-state index is 12.6. The molecule has 3 aromatic carbocycles. The first kappa shape index (κ1) is 25.3. The van der Waals surface area contributed by atoms with Gasteiger partial charge in [0, 0.05) is 17.1 Å². The highest BCUT2D eigenvalue weighted by atomic mass is 35.5. The van der Waals surface area contributed by atoms with Gasteiger partial charge in [-0.05, 0) is 73.9 Å². The number of amides is 1. The van der Waals surface area contributed by atoms with Gasteiger partial charge in [-0.1, -0.05) is 42.0 Å². The molecule has 0 aliphatic carbocycles. The Labute approximate surface area is 216 Å². The maximum absolute atomic E-state index is 12.6. The van der Waals surface area contributed by atoms with Gasteiger partial charge in [-0.25, -0.2) is 4.98 Å². The Morgan fingerprint density at radius 3 is 2.64 bits per heavy atom. The zero-order chi connectivity index (χ0) is 25.3. The molecule has 4 aromatic rings. The molecule has 0 aliphatic heterocycles. The van der Waals surface area contributed by atoms with Crippen molar-refractivity contribution in [2.24, 2.45) is 0 Å². The molecule has 0 radical (unpaired) electrons. The SMILES string of the molecule is C/C=C/c1ccc(OCCCCn2c(CNC(=O)c3ccc(Cl)cc3)nc3ccccc32)c(OC)c1. The van der Waals surface area contributed by atoms with Crippen molar-refractivity contribution in [2.75, 3.05) is 13.7 Å². The summed E-state index contributed by atoms with van der Waals surface area (Å²) in [4.78, 5) is 17.3. The van der Waals surface area contributed by atoms with Gasteiger partial charge in [0.15, 0.2) is 11.5 Å². The van der Waals surface area contributed by atoms with Crippen molar-refractivity contribution in [3.8, 4) is 11.5 Å². The normalized spacial score (nSPS) is 11.2. The van der Waals surface area contributed by atoms with Crippen LogP contribution in [0, 0.1) is 0 Å². The molecule has 0 unspecified atom stereocenters. The minimum Gasteiger partial charge on any atom is -0.493 e. The number of methoxy groups -OCH3 is 1. The molecule has 0 saturated heterocycles. The second kappa shape index (κ2) is 12.3. The quantitative estimate of drug-likeness (QED) is 0.237. The number of carbonyl (C=O) groups is 1. The zero-order valence-corrected chi connectivity index (χ0v) is 21.3. The lowest BCUT2D eigenvalue weighted by Gasteiger charge is -2.13. The number of nitrogens with one attached hydrogen (secondary N) is 1. The monoisotopic (exact) mass is 503 g/mol.